The second-order valence-corrected chi connectivity index (χ2v) is 2.74. The fourth-order valence-corrected chi connectivity index (χ4v) is 0.200. The molecular weight excluding hydrogens is 129 g/mol. The summed E-state index contributed by atoms with van der Waals surface area (Å²) in [6.45, 7) is 3.94. The first-order valence-corrected chi connectivity index (χ1v) is 2.88. The summed E-state index contributed by atoms with van der Waals surface area (Å²) in [7, 11) is 0. The van der Waals surface area contributed by atoms with Gasteiger partial charge < -0.3 is 0 Å². The molecule has 0 spiro atoms. The van der Waals surface area contributed by atoms with Crippen molar-refractivity contribution in [3.63, 3.8) is 0 Å². The van der Waals surface area contributed by atoms with Crippen molar-refractivity contribution in [2.75, 3.05) is 0 Å². The van der Waals surface area contributed by atoms with Crippen LogP contribution in [-0.2, 0) is 0 Å². The number of hydrogen-bond acceptors (Lipinski definition) is 0. The van der Waals surface area contributed by atoms with Crippen LogP contribution in [0.5, 0.6) is 0 Å². The van der Waals surface area contributed by atoms with Crippen molar-refractivity contribution in [1.29, 1.82) is 0 Å². The first-order chi connectivity index (χ1) is 3.81. The van der Waals surface area contributed by atoms with Gasteiger partial charge in [-0.1, -0.05) is 20.8 Å². The van der Waals surface area contributed by atoms with E-state index in [-0.39, 0.29) is 6.42 Å². The van der Waals surface area contributed by atoms with Crippen molar-refractivity contribution in [3.05, 3.63) is 0 Å². The van der Waals surface area contributed by atoms with Crippen LogP contribution >= 0.6 is 0 Å². The smallest absolute Gasteiger partial charge is 0.171 e. The normalized spacial score (nSPS) is 14.0. The zero-order valence-corrected chi connectivity index (χ0v) is 5.84. The predicted molar refractivity (Wildman–Crippen MR) is 30.1 cm³/mol. The zero-order chi connectivity index (χ0) is 7.71. The minimum absolute atomic E-state index is 0.135. The van der Waals surface area contributed by atoms with Crippen LogP contribution in [0, 0.1) is 5.41 Å². The summed E-state index contributed by atoms with van der Waals surface area (Å²) in [4.78, 5) is 0. The van der Waals surface area contributed by atoms with E-state index in [0.717, 1.165) is 0 Å². The van der Waals surface area contributed by atoms with Gasteiger partial charge in [0.05, 0.1) is 5.41 Å². The van der Waals surface area contributed by atoms with Crippen LogP contribution in [0.25, 0.3) is 0 Å². The van der Waals surface area contributed by atoms with Gasteiger partial charge in [-0.3, -0.25) is 0 Å². The monoisotopic (exact) mass is 140 g/mol. The second-order valence-electron chi connectivity index (χ2n) is 2.74. The number of alkyl halides is 3. The summed E-state index contributed by atoms with van der Waals surface area (Å²) in [6.07, 6.45) is -3.92. The molecule has 0 aromatic heterocycles. The molecule has 0 unspecified atom stereocenters. The Morgan fingerprint density at radius 2 is 1.44 bits per heavy atom. The molecule has 3 heteroatoms. The summed E-state index contributed by atoms with van der Waals surface area (Å²) in [5.41, 5.74) is -1.52. The van der Waals surface area contributed by atoms with E-state index in [0.29, 0.717) is 0 Å². The predicted octanol–water partition coefficient (Wildman–Crippen LogP) is 2.98. The van der Waals surface area contributed by atoms with Crippen molar-refractivity contribution < 1.29 is 13.2 Å². The van der Waals surface area contributed by atoms with Crippen LogP contribution < -0.4 is 0 Å². The van der Waals surface area contributed by atoms with Crippen LogP contribution in [-0.4, -0.2) is 6.18 Å². The van der Waals surface area contributed by atoms with Crippen LogP contribution in [0.2, 0.25) is 0 Å². The third kappa shape index (κ3) is 1.88. The molecule has 0 heterocycles. The molecule has 0 aromatic carbocycles. The zero-order valence-electron chi connectivity index (χ0n) is 5.84. The van der Waals surface area contributed by atoms with Crippen LogP contribution in [0.4, 0.5) is 13.2 Å². The van der Waals surface area contributed by atoms with Crippen molar-refractivity contribution in [2.45, 2.75) is 33.4 Å². The maximum atomic E-state index is 11.8. The Morgan fingerprint density at radius 3 is 1.44 bits per heavy atom. The molecule has 0 saturated heterocycles. The first kappa shape index (κ1) is 8.79. The van der Waals surface area contributed by atoms with Gasteiger partial charge in [-0.05, 0) is 6.42 Å². The molecule has 0 aromatic rings. The van der Waals surface area contributed by atoms with E-state index in [4.69, 9.17) is 0 Å². The number of rotatable bonds is 1. The van der Waals surface area contributed by atoms with Crippen LogP contribution in [0.1, 0.15) is 27.2 Å². The highest BCUT2D eigenvalue weighted by molar-refractivity contribution is 4.74. The highest BCUT2D eigenvalue weighted by Crippen LogP contribution is 2.39. The quantitative estimate of drug-likeness (QED) is 0.525. The van der Waals surface area contributed by atoms with Crippen molar-refractivity contribution in [3.8, 4) is 0 Å². The molecule has 0 rings (SSSR count). The Morgan fingerprint density at radius 1 is 1.11 bits per heavy atom. The molecule has 56 valence electrons. The first-order valence-electron chi connectivity index (χ1n) is 2.88. The molecule has 0 fully saturated rings. The number of hydrogen-bond donors (Lipinski definition) is 0. The van der Waals surface area contributed by atoms with E-state index in [1.165, 1.54) is 20.8 Å². The van der Waals surface area contributed by atoms with Gasteiger partial charge in [-0.2, -0.15) is 13.2 Å². The van der Waals surface area contributed by atoms with Crippen LogP contribution in [0.15, 0.2) is 0 Å². The van der Waals surface area contributed by atoms with E-state index in [9.17, 15) is 13.2 Å². The Labute approximate surface area is 53.1 Å². The average molecular weight is 140 g/mol. The van der Waals surface area contributed by atoms with Crippen molar-refractivity contribution >= 4 is 0 Å². The molecule has 0 nitrogen and oxygen atoms in total. The summed E-state index contributed by atoms with van der Waals surface area (Å²) in [5, 5.41) is 0. The molecule has 0 radical (unpaired) electrons. The van der Waals surface area contributed by atoms with Crippen molar-refractivity contribution in [1.82, 2.24) is 0 Å². The molecule has 0 aliphatic rings. The summed E-state index contributed by atoms with van der Waals surface area (Å²) < 4.78 is 35.5. The average Bonchev–Trinajstić information content (AvgIpc) is 1.64. The minimum Gasteiger partial charge on any atom is -0.171 e. The molecule has 0 saturated carbocycles. The Kier molecular flexibility index (Phi) is 2.14. The van der Waals surface area contributed by atoms with Gasteiger partial charge in [-0.25, -0.2) is 0 Å². The Hall–Kier alpha value is -0.210. The van der Waals surface area contributed by atoms with Gasteiger partial charge in [-0.15, -0.1) is 0 Å². The highest BCUT2D eigenvalue weighted by atomic mass is 19.4. The molecule has 0 aliphatic heterocycles. The Bertz CT molecular complexity index is 91.0. The van der Waals surface area contributed by atoms with E-state index in [1.54, 1.807) is 0 Å². The third-order valence-corrected chi connectivity index (χ3v) is 1.65. The standard InChI is InChI=1S/C6H11F3/c1-4-5(2,3)6(7,8)9/h4H2,1-3H3. The van der Waals surface area contributed by atoms with Gasteiger partial charge in [0.1, 0.15) is 0 Å². The van der Waals surface area contributed by atoms with Crippen molar-refractivity contribution in [2.24, 2.45) is 5.41 Å². The summed E-state index contributed by atoms with van der Waals surface area (Å²) in [6, 6.07) is 0. The fraction of sp³-hybridized carbons (Fsp3) is 1.00. The maximum Gasteiger partial charge on any atom is 0.393 e. The van der Waals surface area contributed by atoms with E-state index in [2.05, 4.69) is 0 Å². The second kappa shape index (κ2) is 2.20. The highest BCUT2D eigenvalue weighted by Gasteiger charge is 2.45. The number of halogens is 3. The molecule has 0 amide bonds. The lowest BCUT2D eigenvalue weighted by Crippen LogP contribution is -2.30. The lowest BCUT2D eigenvalue weighted by molar-refractivity contribution is -0.212. The molecule has 0 aliphatic carbocycles. The molecule has 9 heavy (non-hydrogen) atoms. The largest absolute Gasteiger partial charge is 0.393 e. The minimum atomic E-state index is -4.05. The lowest BCUT2D eigenvalue weighted by atomic mass is 9.90. The summed E-state index contributed by atoms with van der Waals surface area (Å²) >= 11 is 0. The summed E-state index contributed by atoms with van der Waals surface area (Å²) in [5.74, 6) is 0. The molecule has 0 bridgehead atoms. The molecular formula is C6H11F3. The van der Waals surface area contributed by atoms with E-state index >= 15 is 0 Å². The third-order valence-electron chi connectivity index (χ3n) is 1.65. The van der Waals surface area contributed by atoms with Gasteiger partial charge >= 0.3 is 6.18 Å². The molecule has 0 atom stereocenters. The van der Waals surface area contributed by atoms with Crippen LogP contribution in [0.3, 0.4) is 0 Å². The fourth-order valence-electron chi connectivity index (χ4n) is 0.200. The van der Waals surface area contributed by atoms with E-state index < -0.39 is 11.6 Å². The van der Waals surface area contributed by atoms with Gasteiger partial charge in [0.2, 0.25) is 0 Å². The molecule has 0 N–H and O–H groups in total. The van der Waals surface area contributed by atoms with Gasteiger partial charge in [0, 0.05) is 0 Å². The topological polar surface area (TPSA) is 0 Å². The maximum absolute atomic E-state index is 11.8. The van der Waals surface area contributed by atoms with Gasteiger partial charge in [0.25, 0.3) is 0 Å². The SMILES string of the molecule is CCC(C)(C)C(F)(F)F. The Balaban J connectivity index is 4.14. The lowest BCUT2D eigenvalue weighted by Gasteiger charge is -2.25. The van der Waals surface area contributed by atoms with Gasteiger partial charge in [0.15, 0.2) is 0 Å². The van der Waals surface area contributed by atoms with E-state index in [1.807, 2.05) is 0 Å².